The number of carbonyl (C=O) groups is 4. The van der Waals surface area contributed by atoms with E-state index in [9.17, 15) is 24.2 Å². The number of unbranched alkanes of at least 4 members (excludes halogenated alkanes) is 20. The molecule has 1 rings (SSSR count). The number of thiocarbonyl (C=S) groups is 1. The van der Waals surface area contributed by atoms with Gasteiger partial charge in [-0.15, -0.1) is 11.8 Å². The van der Waals surface area contributed by atoms with E-state index >= 15 is 4.79 Å². The van der Waals surface area contributed by atoms with E-state index in [2.05, 4.69) is 19.9 Å². The maximum atomic E-state index is 15.0. The third-order valence-electron chi connectivity index (χ3n) is 16.8. The fourth-order valence-corrected chi connectivity index (χ4v) is 13.4. The number of ether oxygens (including phenoxy) is 4. The first-order valence-corrected chi connectivity index (χ1v) is 34.3. The van der Waals surface area contributed by atoms with Crippen LogP contribution < -0.4 is 0 Å². The number of benzene rings is 1. The largest absolute Gasteiger partial charge is 0.474 e. The molecule has 0 saturated heterocycles. The van der Waals surface area contributed by atoms with E-state index in [1.807, 2.05) is 93.0 Å². The summed E-state index contributed by atoms with van der Waals surface area (Å²) < 4.78 is 53.3. The standard InChI is InChI=1S/C65H114N2O12PS2/c1-13-18-20-22-24-26-28-30-32-34-39-43-57(68)75-51-56(79-59(70)44-40-35-33-31-29-27-25-23-21-19-14-2)52-76-58(69)45-46-63(7,54-66)62(6,15-3)53-64(8,65(16-4,17-5)82-60(81)55-41-37-36-38-42-55)61(71)74-49-50-78-80(72,73-12)77-48-47-67(9,10)11/h36-38,41-42,56H,13-35,39-40,43-53H2,1-12H3/q+1. The van der Waals surface area contributed by atoms with Gasteiger partial charge in [-0.1, -0.05) is 213 Å². The maximum absolute atomic E-state index is 15.0. The Balaban J connectivity index is 3.27. The van der Waals surface area contributed by atoms with Crippen molar-refractivity contribution < 1.29 is 60.7 Å². The van der Waals surface area contributed by atoms with E-state index in [-0.39, 0.29) is 71.1 Å². The molecule has 0 aliphatic heterocycles. The first kappa shape index (κ1) is 77.1. The molecule has 0 aliphatic carbocycles. The van der Waals surface area contributed by atoms with Gasteiger partial charge in [0.2, 0.25) is 0 Å². The second-order valence-electron chi connectivity index (χ2n) is 24.3. The molecule has 0 amide bonds. The molecule has 0 fully saturated rings. The molecule has 0 bridgehead atoms. The van der Waals surface area contributed by atoms with E-state index in [4.69, 9.17) is 44.7 Å². The average Bonchev–Trinajstić information content (AvgIpc) is 3.33. The molecular weight excluding hydrogens is 1100 g/mol. The normalized spacial score (nSPS) is 15.2. The molecule has 1 aromatic rings. The van der Waals surface area contributed by atoms with Gasteiger partial charge >= 0.3 is 31.7 Å². The van der Waals surface area contributed by atoms with E-state index in [0.717, 1.165) is 44.1 Å². The SMILES string of the molecule is CCCCCCCCCCCCCC(=O)OCC(COC(=O)CCC(C)(C#N)C(C)(CC)CC(C)(C(=O)OCCOP(=O)(OC)OCC[N+](C)(C)C)C(CC)(CC)SC(=S)c1ccccc1)OC(=O)CCCCCCCCCCCCC. The number of rotatable bonds is 51. The monoisotopic (exact) mass is 1210 g/mol. The second-order valence-corrected chi connectivity index (χ2v) is 28.2. The number of nitriles is 1. The van der Waals surface area contributed by atoms with Crippen LogP contribution in [0.2, 0.25) is 0 Å². The van der Waals surface area contributed by atoms with Gasteiger partial charge in [0, 0.05) is 31.1 Å². The van der Waals surface area contributed by atoms with Gasteiger partial charge in [0.25, 0.3) is 0 Å². The van der Waals surface area contributed by atoms with Gasteiger partial charge in [-0.2, -0.15) is 5.26 Å². The number of quaternary nitrogens is 1. The van der Waals surface area contributed by atoms with Crippen LogP contribution >= 0.6 is 31.8 Å². The minimum absolute atomic E-state index is 0.0874. The first-order valence-electron chi connectivity index (χ1n) is 31.6. The van der Waals surface area contributed by atoms with Crippen LogP contribution in [0.1, 0.15) is 254 Å². The van der Waals surface area contributed by atoms with Crippen molar-refractivity contribution in [2.75, 3.05) is 67.8 Å². The van der Waals surface area contributed by atoms with Gasteiger partial charge in [-0.25, -0.2) is 4.57 Å². The van der Waals surface area contributed by atoms with Gasteiger partial charge in [0.1, 0.15) is 33.0 Å². The fraction of sp³-hybridized carbons (Fsp3) is 0.815. The molecule has 0 heterocycles. The number of thioether (sulfide) groups is 1. The summed E-state index contributed by atoms with van der Waals surface area (Å²) in [6.45, 7) is 15.8. The lowest BCUT2D eigenvalue weighted by Gasteiger charge is -2.52. The van der Waals surface area contributed by atoms with E-state index in [0.29, 0.717) is 47.3 Å². The highest BCUT2D eigenvalue weighted by molar-refractivity contribution is 8.24. The summed E-state index contributed by atoms with van der Waals surface area (Å²) >= 11 is 7.54. The molecule has 472 valence electrons. The molecule has 1 aromatic carbocycles. The lowest BCUT2D eigenvalue weighted by molar-refractivity contribution is -0.870. The highest BCUT2D eigenvalue weighted by Gasteiger charge is 2.59. The topological polar surface area (TPSA) is 174 Å². The molecule has 14 nitrogen and oxygen atoms in total. The minimum Gasteiger partial charge on any atom is -0.463 e. The fourth-order valence-electron chi connectivity index (χ4n) is 10.6. The Kier molecular flexibility index (Phi) is 40.3. The Morgan fingerprint density at radius 2 is 1.07 bits per heavy atom. The number of likely N-dealkylation sites (N-methyl/N-ethyl adjacent to an activating group) is 1. The maximum Gasteiger partial charge on any atom is 0.474 e. The Hall–Kier alpha value is -2.90. The van der Waals surface area contributed by atoms with Crippen molar-refractivity contribution in [3.63, 3.8) is 0 Å². The molecule has 0 aliphatic rings. The third kappa shape index (κ3) is 30.4. The number of nitrogens with zero attached hydrogens (tertiary/aromatic N) is 2. The summed E-state index contributed by atoms with van der Waals surface area (Å²) in [5, 5.41) is 11.1. The van der Waals surface area contributed by atoms with Gasteiger partial charge < -0.3 is 23.4 Å². The number of hydrogen-bond acceptors (Lipinski definition) is 15. The van der Waals surface area contributed by atoms with Crippen LogP contribution in [0.4, 0.5) is 0 Å². The summed E-state index contributed by atoms with van der Waals surface area (Å²) in [6, 6.07) is 12.2. The molecule has 0 aromatic heterocycles. The Labute approximate surface area is 508 Å². The Morgan fingerprint density at radius 1 is 0.622 bits per heavy atom. The van der Waals surface area contributed by atoms with Crippen LogP contribution in [0.15, 0.2) is 30.3 Å². The highest BCUT2D eigenvalue weighted by Crippen LogP contribution is 2.59. The number of esters is 4. The van der Waals surface area contributed by atoms with Crippen molar-refractivity contribution in [1.82, 2.24) is 0 Å². The predicted octanol–water partition coefficient (Wildman–Crippen LogP) is 17.2. The summed E-state index contributed by atoms with van der Waals surface area (Å²) in [6.07, 6.45) is 26.5. The average molecular weight is 1210 g/mol. The number of phosphoric ester groups is 1. The lowest BCUT2D eigenvalue weighted by Crippen LogP contribution is -2.54. The molecule has 5 unspecified atom stereocenters. The van der Waals surface area contributed by atoms with Crippen molar-refractivity contribution in [3.05, 3.63) is 35.9 Å². The zero-order valence-electron chi connectivity index (χ0n) is 53.5. The Bertz CT molecular complexity index is 2030. The van der Waals surface area contributed by atoms with Crippen molar-refractivity contribution in [1.29, 1.82) is 5.26 Å². The van der Waals surface area contributed by atoms with Crippen LogP contribution in [0, 0.1) is 27.6 Å². The smallest absolute Gasteiger partial charge is 0.463 e. The number of carbonyl (C=O) groups excluding carboxylic acids is 4. The van der Waals surface area contributed by atoms with Gasteiger partial charge in [-0.3, -0.25) is 32.7 Å². The highest BCUT2D eigenvalue weighted by atomic mass is 32.2. The van der Waals surface area contributed by atoms with Crippen molar-refractivity contribution >= 4 is 59.9 Å². The summed E-state index contributed by atoms with van der Waals surface area (Å²) in [4.78, 5) is 55.0. The van der Waals surface area contributed by atoms with Crippen LogP contribution in [0.25, 0.3) is 0 Å². The quantitative estimate of drug-likeness (QED) is 0.0150. The molecule has 5 atom stereocenters. The van der Waals surface area contributed by atoms with E-state index in [1.165, 1.54) is 109 Å². The molecule has 0 radical (unpaired) electrons. The first-order chi connectivity index (χ1) is 39.0. The number of phosphoric acid groups is 1. The van der Waals surface area contributed by atoms with E-state index < -0.39 is 52.8 Å². The summed E-state index contributed by atoms with van der Waals surface area (Å²) in [7, 11) is 3.23. The van der Waals surface area contributed by atoms with Crippen LogP contribution in [0.3, 0.4) is 0 Å². The summed E-state index contributed by atoms with van der Waals surface area (Å²) in [5.74, 6) is -1.96. The van der Waals surface area contributed by atoms with Crippen LogP contribution in [-0.2, 0) is 56.3 Å². The Morgan fingerprint density at radius 3 is 1.51 bits per heavy atom. The zero-order valence-corrected chi connectivity index (χ0v) is 56.0. The van der Waals surface area contributed by atoms with Crippen LogP contribution in [-0.4, -0.2) is 111 Å². The molecule has 82 heavy (non-hydrogen) atoms. The molecular formula is C65H114N2O12PS2+. The van der Waals surface area contributed by atoms with E-state index in [1.54, 1.807) is 0 Å². The van der Waals surface area contributed by atoms with Crippen molar-refractivity contribution in [2.24, 2.45) is 16.2 Å². The zero-order chi connectivity index (χ0) is 61.4. The van der Waals surface area contributed by atoms with Gasteiger partial charge in [-0.05, 0) is 69.8 Å². The third-order valence-corrected chi connectivity index (χ3v) is 20.5. The molecule has 0 spiro atoms. The van der Waals surface area contributed by atoms with Crippen molar-refractivity contribution in [2.45, 2.75) is 259 Å². The van der Waals surface area contributed by atoms with Crippen LogP contribution in [0.5, 0.6) is 0 Å². The van der Waals surface area contributed by atoms with Gasteiger partial charge in [0.05, 0.1) is 48.8 Å². The molecule has 0 saturated carbocycles. The van der Waals surface area contributed by atoms with Crippen molar-refractivity contribution in [3.8, 4) is 6.07 Å². The van der Waals surface area contributed by atoms with Gasteiger partial charge in [0.15, 0.2) is 6.10 Å². The minimum atomic E-state index is -3.95. The lowest BCUT2D eigenvalue weighted by atomic mass is 9.54. The number of hydrogen-bond donors (Lipinski definition) is 0. The molecule has 0 N–H and O–H groups in total. The second kappa shape index (κ2) is 42.8. The molecule has 17 heteroatoms. The predicted molar refractivity (Wildman–Crippen MR) is 337 cm³/mol. The summed E-state index contributed by atoms with van der Waals surface area (Å²) in [5.41, 5.74) is -2.51.